The van der Waals surface area contributed by atoms with Crippen molar-refractivity contribution in [3.8, 4) is 5.69 Å². The first-order chi connectivity index (χ1) is 22.6. The van der Waals surface area contributed by atoms with Gasteiger partial charge in [-0.15, -0.1) is 0 Å². The van der Waals surface area contributed by atoms with Crippen molar-refractivity contribution >= 4 is 29.9 Å². The fourth-order valence-corrected chi connectivity index (χ4v) is 6.56. The van der Waals surface area contributed by atoms with E-state index in [-0.39, 0.29) is 50.0 Å². The molecule has 2 aliphatic heterocycles. The van der Waals surface area contributed by atoms with Crippen LogP contribution in [-0.4, -0.2) is 103 Å². The van der Waals surface area contributed by atoms with Gasteiger partial charge in [0, 0.05) is 57.5 Å². The van der Waals surface area contributed by atoms with Crippen molar-refractivity contribution < 1.29 is 29.0 Å². The summed E-state index contributed by atoms with van der Waals surface area (Å²) in [5.74, 6) is -0.248. The van der Waals surface area contributed by atoms with E-state index < -0.39 is 29.0 Å². The Morgan fingerprint density at radius 3 is 2.17 bits per heavy atom. The number of hydrogen-bond acceptors (Lipinski definition) is 8. The smallest absolute Gasteiger partial charge is 0.407 e. The Morgan fingerprint density at radius 1 is 0.896 bits per heavy atom. The molecular weight excluding hydrogens is 620 g/mol. The largest absolute Gasteiger partial charge is 0.465 e. The normalized spacial score (nSPS) is 20.1. The summed E-state index contributed by atoms with van der Waals surface area (Å²) in [5.41, 5.74) is 0.739. The predicted molar refractivity (Wildman–Crippen MR) is 177 cm³/mol. The number of nitrogens with zero attached hydrogens (tertiary/aromatic N) is 5. The fraction of sp³-hybridized carbons (Fsp3) is 0.576. The highest BCUT2D eigenvalue weighted by atomic mass is 16.6. The average Bonchev–Trinajstić information content (AvgIpc) is 3.43. The molecule has 0 spiro atoms. The Kier molecular flexibility index (Phi) is 9.99. The lowest BCUT2D eigenvalue weighted by Crippen LogP contribution is -2.60. The summed E-state index contributed by atoms with van der Waals surface area (Å²) in [6.07, 6.45) is 3.69. The minimum Gasteiger partial charge on any atom is -0.465 e. The molecule has 0 radical (unpaired) electrons. The van der Waals surface area contributed by atoms with Crippen LogP contribution < -0.4 is 21.6 Å². The molecule has 4 N–H and O–H groups in total. The van der Waals surface area contributed by atoms with Crippen LogP contribution in [0.2, 0.25) is 0 Å². The molecule has 1 aliphatic carbocycles. The third kappa shape index (κ3) is 8.43. The van der Waals surface area contributed by atoms with Gasteiger partial charge in [0.2, 0.25) is 5.91 Å². The van der Waals surface area contributed by atoms with Gasteiger partial charge in [0.1, 0.15) is 17.0 Å². The van der Waals surface area contributed by atoms with Crippen LogP contribution in [0.5, 0.6) is 0 Å². The summed E-state index contributed by atoms with van der Waals surface area (Å²) in [7, 11) is 0. The maximum atomic E-state index is 13.0. The number of hydrogen-bond donors (Lipinski definition) is 4. The van der Waals surface area contributed by atoms with E-state index in [1.165, 1.54) is 33.8 Å². The maximum Gasteiger partial charge on any atom is 0.407 e. The van der Waals surface area contributed by atoms with Gasteiger partial charge in [0.15, 0.2) is 0 Å². The van der Waals surface area contributed by atoms with Crippen LogP contribution in [0.1, 0.15) is 71.4 Å². The lowest BCUT2D eigenvalue weighted by Gasteiger charge is -2.38. The molecule has 5 rings (SSSR count). The first-order valence-corrected chi connectivity index (χ1v) is 16.4. The molecule has 15 heteroatoms. The van der Waals surface area contributed by atoms with E-state index in [1.54, 1.807) is 12.3 Å². The molecule has 15 nitrogen and oxygen atoms in total. The highest BCUT2D eigenvalue weighted by Gasteiger charge is 2.36. The minimum absolute atomic E-state index is 0.114. The van der Waals surface area contributed by atoms with E-state index >= 15 is 0 Å². The molecular formula is C33H46N8O7. The number of anilines is 1. The Labute approximate surface area is 279 Å². The third-order valence-electron chi connectivity index (χ3n) is 9.00. The molecule has 1 aromatic carbocycles. The third-order valence-corrected chi connectivity index (χ3v) is 9.00. The Hall–Kier alpha value is -4.66. The van der Waals surface area contributed by atoms with Crippen molar-refractivity contribution in [3.05, 3.63) is 52.1 Å². The first kappa shape index (κ1) is 34.7. The summed E-state index contributed by atoms with van der Waals surface area (Å²) in [4.78, 5) is 71.5. The standard InChI is InChI=1S/C33H46N8O7/c1-32(2,3)48-31(47)34-23-7-10-24(11-8-23)40-19-21-6-9-25(18-22(21)20-40)41-13-12-26(36-29(41)44)35-28(43)39-16-14-38(15-17-39)27(42)33(4,5)37-30(45)46/h6,9,12-13,18,23-24,37H,7-8,10-11,14-17,19-20H2,1-5H3,(H,34,47)(H,45,46)(H,35,36,43,44)/t23-,24-. The average molecular weight is 667 g/mol. The fourth-order valence-electron chi connectivity index (χ4n) is 6.56. The van der Waals surface area contributed by atoms with Gasteiger partial charge in [-0.3, -0.25) is 19.6 Å². The first-order valence-electron chi connectivity index (χ1n) is 16.4. The van der Waals surface area contributed by atoms with Gasteiger partial charge in [-0.1, -0.05) is 6.07 Å². The summed E-state index contributed by atoms with van der Waals surface area (Å²) in [6, 6.07) is 7.62. The van der Waals surface area contributed by atoms with Gasteiger partial charge in [-0.25, -0.2) is 19.2 Å². The number of carboxylic acid groups (broad SMARTS) is 1. The van der Waals surface area contributed by atoms with Crippen LogP contribution in [0, 0.1) is 0 Å². The molecule has 0 unspecified atom stereocenters. The number of nitrogens with one attached hydrogen (secondary N) is 3. The Morgan fingerprint density at radius 2 is 1.54 bits per heavy atom. The zero-order valence-corrected chi connectivity index (χ0v) is 28.2. The number of carbonyl (C=O) groups is 4. The highest BCUT2D eigenvalue weighted by Crippen LogP contribution is 2.32. The molecule has 1 aromatic heterocycles. The van der Waals surface area contributed by atoms with E-state index in [4.69, 9.17) is 9.84 Å². The second kappa shape index (κ2) is 13.8. The number of alkyl carbamates (subject to hydrolysis) is 1. The topological polar surface area (TPSA) is 178 Å². The number of urea groups is 1. The highest BCUT2D eigenvalue weighted by molar-refractivity contribution is 5.90. The molecule has 2 aromatic rings. The van der Waals surface area contributed by atoms with Crippen molar-refractivity contribution in [2.24, 2.45) is 0 Å². The van der Waals surface area contributed by atoms with Crippen LogP contribution in [0.15, 0.2) is 35.3 Å². The number of fused-ring (bicyclic) bond motifs is 1. The molecule has 1 saturated carbocycles. The molecule has 48 heavy (non-hydrogen) atoms. The van der Waals surface area contributed by atoms with Crippen molar-refractivity contribution in [1.82, 2.24) is 34.9 Å². The quantitative estimate of drug-likeness (QED) is 0.361. The number of amides is 5. The monoisotopic (exact) mass is 666 g/mol. The summed E-state index contributed by atoms with van der Waals surface area (Å²) >= 11 is 0. The minimum atomic E-state index is -1.29. The summed E-state index contributed by atoms with van der Waals surface area (Å²) in [6.45, 7) is 11.2. The molecule has 0 atom stereocenters. The van der Waals surface area contributed by atoms with Crippen molar-refractivity contribution in [2.45, 2.75) is 96.6 Å². The maximum absolute atomic E-state index is 13.0. The summed E-state index contributed by atoms with van der Waals surface area (Å²) in [5, 5.41) is 16.9. The zero-order valence-electron chi connectivity index (χ0n) is 28.2. The van der Waals surface area contributed by atoms with Gasteiger partial charge < -0.3 is 30.3 Å². The second-order valence-electron chi connectivity index (χ2n) is 14.2. The Bertz CT molecular complexity index is 1600. The van der Waals surface area contributed by atoms with Crippen LogP contribution >= 0.6 is 0 Å². The van der Waals surface area contributed by atoms with E-state index in [0.717, 1.165) is 44.3 Å². The van der Waals surface area contributed by atoms with Gasteiger partial charge in [0.25, 0.3) is 0 Å². The van der Waals surface area contributed by atoms with Gasteiger partial charge >= 0.3 is 23.9 Å². The van der Waals surface area contributed by atoms with E-state index in [1.807, 2.05) is 39.0 Å². The summed E-state index contributed by atoms with van der Waals surface area (Å²) < 4.78 is 6.85. The lowest BCUT2D eigenvalue weighted by atomic mass is 9.90. The van der Waals surface area contributed by atoms with Gasteiger partial charge in [-0.05, 0) is 89.6 Å². The number of piperazine rings is 1. The van der Waals surface area contributed by atoms with Crippen LogP contribution in [-0.2, 0) is 22.6 Å². The van der Waals surface area contributed by atoms with Crippen molar-refractivity contribution in [2.75, 3.05) is 31.5 Å². The number of carbonyl (C=O) groups excluding carboxylic acids is 3. The molecule has 3 heterocycles. The lowest BCUT2D eigenvalue weighted by molar-refractivity contribution is -0.138. The molecule has 1 saturated heterocycles. The molecule has 260 valence electrons. The van der Waals surface area contributed by atoms with E-state index in [0.29, 0.717) is 11.7 Å². The van der Waals surface area contributed by atoms with Crippen LogP contribution in [0.4, 0.5) is 20.2 Å². The number of benzene rings is 1. The van der Waals surface area contributed by atoms with E-state index in [2.05, 4.69) is 25.8 Å². The molecule has 3 aliphatic rings. The van der Waals surface area contributed by atoms with Crippen molar-refractivity contribution in [1.29, 1.82) is 0 Å². The molecule has 5 amide bonds. The van der Waals surface area contributed by atoms with E-state index in [9.17, 15) is 24.0 Å². The SMILES string of the molecule is CC(C)(C)OC(=O)N[C@H]1CC[C@H](N2Cc3ccc(-n4ccc(NC(=O)N5CCN(C(=O)C(C)(C)NC(=O)O)CC5)nc4=O)cc3C2)CC1. The van der Waals surface area contributed by atoms with Crippen LogP contribution in [0.3, 0.4) is 0 Å². The van der Waals surface area contributed by atoms with Gasteiger partial charge in [0.05, 0.1) is 5.69 Å². The molecule has 0 bridgehead atoms. The van der Waals surface area contributed by atoms with Gasteiger partial charge in [-0.2, -0.15) is 4.98 Å². The zero-order chi connectivity index (χ0) is 34.8. The Balaban J connectivity index is 1.12. The van der Waals surface area contributed by atoms with Crippen molar-refractivity contribution in [3.63, 3.8) is 0 Å². The predicted octanol–water partition coefficient (Wildman–Crippen LogP) is 3.11. The molecule has 2 fully saturated rings. The van der Waals surface area contributed by atoms with Crippen LogP contribution in [0.25, 0.3) is 5.69 Å². The number of rotatable bonds is 6. The number of ether oxygens (including phenoxy) is 1. The number of aromatic nitrogens is 2. The second-order valence-corrected chi connectivity index (χ2v) is 14.2.